The SMILES string of the molecule is Cc1ccc(S(=O)(=O)O[C@@H]2CCCN(C(=O)O)C2)cc1. The Kier molecular flexibility index (Phi) is 4.29. The van der Waals surface area contributed by atoms with Gasteiger partial charge in [-0.1, -0.05) is 17.7 Å². The lowest BCUT2D eigenvalue weighted by Crippen LogP contribution is -2.43. The van der Waals surface area contributed by atoms with E-state index in [1.54, 1.807) is 12.1 Å². The maximum absolute atomic E-state index is 12.1. The van der Waals surface area contributed by atoms with Crippen LogP contribution in [-0.2, 0) is 14.3 Å². The molecule has 20 heavy (non-hydrogen) atoms. The fourth-order valence-electron chi connectivity index (χ4n) is 2.13. The van der Waals surface area contributed by atoms with Gasteiger partial charge in [0, 0.05) is 6.54 Å². The van der Waals surface area contributed by atoms with Crippen molar-refractivity contribution in [1.82, 2.24) is 4.90 Å². The van der Waals surface area contributed by atoms with Crippen molar-refractivity contribution in [3.63, 3.8) is 0 Å². The molecule has 6 nitrogen and oxygen atoms in total. The number of carboxylic acid groups (broad SMARTS) is 1. The molecule has 0 aromatic heterocycles. The highest BCUT2D eigenvalue weighted by Crippen LogP contribution is 2.20. The van der Waals surface area contributed by atoms with Gasteiger partial charge in [-0.2, -0.15) is 8.42 Å². The molecule has 7 heteroatoms. The largest absolute Gasteiger partial charge is 0.465 e. The topological polar surface area (TPSA) is 83.9 Å². The second-order valence-corrected chi connectivity index (χ2v) is 6.43. The van der Waals surface area contributed by atoms with Crippen molar-refractivity contribution in [2.75, 3.05) is 13.1 Å². The van der Waals surface area contributed by atoms with Crippen molar-refractivity contribution in [2.45, 2.75) is 30.8 Å². The summed E-state index contributed by atoms with van der Waals surface area (Å²) in [7, 11) is -3.85. The predicted octanol–water partition coefficient (Wildman–Crippen LogP) is 1.84. The Balaban J connectivity index is 2.08. The summed E-state index contributed by atoms with van der Waals surface area (Å²) in [6, 6.07) is 6.37. The van der Waals surface area contributed by atoms with Gasteiger partial charge in [-0.3, -0.25) is 4.18 Å². The van der Waals surface area contributed by atoms with E-state index in [2.05, 4.69) is 0 Å². The quantitative estimate of drug-likeness (QED) is 0.861. The summed E-state index contributed by atoms with van der Waals surface area (Å²) in [6.45, 7) is 2.36. The van der Waals surface area contributed by atoms with Gasteiger partial charge < -0.3 is 10.0 Å². The molecule has 0 unspecified atom stereocenters. The maximum Gasteiger partial charge on any atom is 0.407 e. The van der Waals surface area contributed by atoms with Gasteiger partial charge in [-0.25, -0.2) is 4.79 Å². The highest BCUT2D eigenvalue weighted by molar-refractivity contribution is 7.86. The number of hydrogen-bond acceptors (Lipinski definition) is 4. The van der Waals surface area contributed by atoms with Crippen LogP contribution in [0.2, 0.25) is 0 Å². The van der Waals surface area contributed by atoms with Crippen LogP contribution in [0.15, 0.2) is 29.2 Å². The number of amides is 1. The number of aryl methyl sites for hydroxylation is 1. The molecule has 0 spiro atoms. The minimum Gasteiger partial charge on any atom is -0.465 e. The van der Waals surface area contributed by atoms with Crippen molar-refractivity contribution in [3.05, 3.63) is 29.8 Å². The van der Waals surface area contributed by atoms with Crippen LogP contribution in [0.1, 0.15) is 18.4 Å². The summed E-state index contributed by atoms with van der Waals surface area (Å²) in [4.78, 5) is 12.2. The van der Waals surface area contributed by atoms with E-state index in [1.165, 1.54) is 17.0 Å². The second-order valence-electron chi connectivity index (χ2n) is 4.86. The van der Waals surface area contributed by atoms with Crippen LogP contribution in [0, 0.1) is 6.92 Å². The van der Waals surface area contributed by atoms with Gasteiger partial charge in [0.15, 0.2) is 0 Å². The third kappa shape index (κ3) is 3.49. The predicted molar refractivity (Wildman–Crippen MR) is 72.1 cm³/mol. The first-order chi connectivity index (χ1) is 9.38. The van der Waals surface area contributed by atoms with E-state index in [0.717, 1.165) is 5.56 Å². The molecule has 0 radical (unpaired) electrons. The maximum atomic E-state index is 12.1. The molecular formula is C13H17NO5S. The van der Waals surface area contributed by atoms with Gasteiger partial charge in [0.2, 0.25) is 0 Å². The first-order valence-electron chi connectivity index (χ1n) is 6.36. The smallest absolute Gasteiger partial charge is 0.407 e. The Morgan fingerprint density at radius 1 is 1.35 bits per heavy atom. The minimum absolute atomic E-state index is 0.0838. The molecular weight excluding hydrogens is 282 g/mol. The van der Waals surface area contributed by atoms with Crippen LogP contribution in [-0.4, -0.2) is 43.7 Å². The van der Waals surface area contributed by atoms with E-state index in [0.29, 0.717) is 19.4 Å². The van der Waals surface area contributed by atoms with Gasteiger partial charge in [0.05, 0.1) is 17.5 Å². The lowest BCUT2D eigenvalue weighted by molar-refractivity contribution is 0.0822. The molecule has 0 aliphatic carbocycles. The lowest BCUT2D eigenvalue weighted by Gasteiger charge is -2.30. The fraction of sp³-hybridized carbons (Fsp3) is 0.462. The monoisotopic (exact) mass is 299 g/mol. The number of hydrogen-bond donors (Lipinski definition) is 1. The van der Waals surface area contributed by atoms with Gasteiger partial charge in [0.1, 0.15) is 0 Å². The molecule has 0 bridgehead atoms. The van der Waals surface area contributed by atoms with Crippen LogP contribution < -0.4 is 0 Å². The zero-order chi connectivity index (χ0) is 14.8. The van der Waals surface area contributed by atoms with Gasteiger partial charge in [-0.05, 0) is 31.9 Å². The van der Waals surface area contributed by atoms with Crippen LogP contribution >= 0.6 is 0 Å². The van der Waals surface area contributed by atoms with Crippen molar-refractivity contribution in [3.8, 4) is 0 Å². The average molecular weight is 299 g/mol. The number of piperidine rings is 1. The van der Waals surface area contributed by atoms with Gasteiger partial charge in [0.25, 0.3) is 10.1 Å². The van der Waals surface area contributed by atoms with Crippen LogP contribution in [0.4, 0.5) is 4.79 Å². The molecule has 1 N–H and O–H groups in total. The normalized spacial score (nSPS) is 19.9. The number of likely N-dealkylation sites (tertiary alicyclic amines) is 1. The molecule has 2 rings (SSSR count). The highest BCUT2D eigenvalue weighted by Gasteiger charge is 2.28. The molecule has 0 saturated carbocycles. The van der Waals surface area contributed by atoms with E-state index in [1.807, 2.05) is 6.92 Å². The Bertz CT molecular complexity index is 581. The Morgan fingerprint density at radius 2 is 2.00 bits per heavy atom. The molecule has 1 fully saturated rings. The van der Waals surface area contributed by atoms with E-state index in [4.69, 9.17) is 9.29 Å². The zero-order valence-electron chi connectivity index (χ0n) is 11.2. The van der Waals surface area contributed by atoms with Crippen molar-refractivity contribution in [1.29, 1.82) is 0 Å². The van der Waals surface area contributed by atoms with Crippen LogP contribution in [0.5, 0.6) is 0 Å². The standard InChI is InChI=1S/C13H17NO5S/c1-10-4-6-12(7-5-10)20(17,18)19-11-3-2-8-14(9-11)13(15)16/h4-7,11H,2-3,8-9H2,1H3,(H,15,16)/t11-/m1/s1. The van der Waals surface area contributed by atoms with Crippen molar-refractivity contribution < 1.29 is 22.5 Å². The summed E-state index contributed by atoms with van der Waals surface area (Å²) in [5.41, 5.74) is 0.957. The molecule has 1 aromatic carbocycles. The molecule has 1 aliphatic heterocycles. The molecule has 1 atom stereocenters. The minimum atomic E-state index is -3.85. The number of carbonyl (C=O) groups is 1. The third-order valence-electron chi connectivity index (χ3n) is 3.22. The third-order valence-corrected chi connectivity index (χ3v) is 4.60. The van der Waals surface area contributed by atoms with E-state index in [9.17, 15) is 13.2 Å². The van der Waals surface area contributed by atoms with Crippen molar-refractivity contribution >= 4 is 16.2 Å². The highest BCUT2D eigenvalue weighted by atomic mass is 32.2. The Labute approximate surface area is 118 Å². The molecule has 1 aromatic rings. The zero-order valence-corrected chi connectivity index (χ0v) is 12.0. The summed E-state index contributed by atoms with van der Waals surface area (Å²) >= 11 is 0. The molecule has 1 saturated heterocycles. The Morgan fingerprint density at radius 3 is 2.60 bits per heavy atom. The van der Waals surface area contributed by atoms with Gasteiger partial charge in [-0.15, -0.1) is 0 Å². The number of nitrogens with zero attached hydrogens (tertiary/aromatic N) is 1. The second kappa shape index (κ2) is 5.80. The molecule has 1 amide bonds. The van der Waals surface area contributed by atoms with Crippen LogP contribution in [0.25, 0.3) is 0 Å². The van der Waals surface area contributed by atoms with Crippen LogP contribution in [0.3, 0.4) is 0 Å². The summed E-state index contributed by atoms with van der Waals surface area (Å²) in [5, 5.41) is 8.92. The van der Waals surface area contributed by atoms with E-state index >= 15 is 0 Å². The number of rotatable bonds is 3. The Hall–Kier alpha value is -1.60. The average Bonchev–Trinajstić information content (AvgIpc) is 2.39. The first kappa shape index (κ1) is 14.8. The lowest BCUT2D eigenvalue weighted by atomic mass is 10.1. The van der Waals surface area contributed by atoms with Crippen molar-refractivity contribution in [2.24, 2.45) is 0 Å². The first-order valence-corrected chi connectivity index (χ1v) is 7.77. The van der Waals surface area contributed by atoms with E-state index in [-0.39, 0.29) is 11.4 Å². The molecule has 1 aliphatic rings. The summed E-state index contributed by atoms with van der Waals surface area (Å²) in [6.07, 6.45) is -0.535. The van der Waals surface area contributed by atoms with E-state index < -0.39 is 22.3 Å². The fourth-order valence-corrected chi connectivity index (χ4v) is 3.23. The number of benzene rings is 1. The molecule has 110 valence electrons. The molecule has 1 heterocycles. The summed E-state index contributed by atoms with van der Waals surface area (Å²) in [5.74, 6) is 0. The summed E-state index contributed by atoms with van der Waals surface area (Å²) < 4.78 is 29.4. The van der Waals surface area contributed by atoms with Gasteiger partial charge >= 0.3 is 6.09 Å².